The van der Waals surface area contributed by atoms with Gasteiger partial charge >= 0.3 is 0 Å². The van der Waals surface area contributed by atoms with Gasteiger partial charge in [-0.1, -0.05) is 0 Å². The Morgan fingerprint density at radius 2 is 1.94 bits per heavy atom. The Morgan fingerprint density at radius 1 is 1.19 bits per heavy atom. The van der Waals surface area contributed by atoms with Crippen LogP contribution >= 0.6 is 0 Å². The molecule has 1 aliphatic rings. The molecule has 1 aromatic rings. The monoisotopic (exact) mass is 218 g/mol. The predicted octanol–water partition coefficient (Wildman–Crippen LogP) is 3.42. The van der Waals surface area contributed by atoms with E-state index in [0.29, 0.717) is 0 Å². The highest BCUT2D eigenvalue weighted by Gasteiger charge is 2.12. The van der Waals surface area contributed by atoms with Crippen LogP contribution < -0.4 is 10.2 Å². The molecule has 0 bridgehead atoms. The van der Waals surface area contributed by atoms with Crippen molar-refractivity contribution in [3.63, 3.8) is 0 Å². The minimum absolute atomic E-state index is 0.989. The van der Waals surface area contributed by atoms with Gasteiger partial charge in [0, 0.05) is 31.0 Å². The van der Waals surface area contributed by atoms with E-state index in [-0.39, 0.29) is 0 Å². The average molecular weight is 218 g/mol. The summed E-state index contributed by atoms with van der Waals surface area (Å²) in [5.74, 6) is 0. The van der Waals surface area contributed by atoms with Gasteiger partial charge in [-0.05, 0) is 56.9 Å². The van der Waals surface area contributed by atoms with Crippen molar-refractivity contribution in [3.05, 3.63) is 23.8 Å². The van der Waals surface area contributed by atoms with Crippen molar-refractivity contribution in [2.24, 2.45) is 0 Å². The van der Waals surface area contributed by atoms with Crippen LogP contribution in [-0.2, 0) is 0 Å². The molecule has 16 heavy (non-hydrogen) atoms. The van der Waals surface area contributed by atoms with Gasteiger partial charge in [0.05, 0.1) is 0 Å². The third kappa shape index (κ3) is 2.49. The van der Waals surface area contributed by atoms with E-state index in [9.17, 15) is 0 Å². The fourth-order valence-electron chi connectivity index (χ4n) is 2.46. The van der Waals surface area contributed by atoms with E-state index < -0.39 is 0 Å². The Morgan fingerprint density at radius 3 is 2.56 bits per heavy atom. The number of rotatable bonds is 3. The second-order valence-corrected chi connectivity index (χ2v) is 4.58. The summed E-state index contributed by atoms with van der Waals surface area (Å²) in [7, 11) is 0. The maximum atomic E-state index is 3.36. The van der Waals surface area contributed by atoms with E-state index in [2.05, 4.69) is 42.3 Å². The van der Waals surface area contributed by atoms with E-state index in [0.717, 1.165) is 6.54 Å². The lowest BCUT2D eigenvalue weighted by Crippen LogP contribution is -2.29. The predicted molar refractivity (Wildman–Crippen MR) is 71.4 cm³/mol. The third-order valence-corrected chi connectivity index (χ3v) is 3.27. The molecule has 0 saturated carbocycles. The standard InChI is InChI=1S/C14H22N2/c1-3-15-13-7-8-14(12(2)11-13)16-9-5-4-6-10-16/h7-8,11,15H,3-6,9-10H2,1-2H3. The van der Waals surface area contributed by atoms with Gasteiger partial charge in [-0.2, -0.15) is 0 Å². The van der Waals surface area contributed by atoms with Crippen LogP contribution in [0.2, 0.25) is 0 Å². The molecule has 1 saturated heterocycles. The highest BCUT2D eigenvalue weighted by molar-refractivity contribution is 5.60. The van der Waals surface area contributed by atoms with Gasteiger partial charge < -0.3 is 10.2 Å². The van der Waals surface area contributed by atoms with Gasteiger partial charge in [0.15, 0.2) is 0 Å². The molecule has 2 heteroatoms. The minimum Gasteiger partial charge on any atom is -0.385 e. The Kier molecular flexibility index (Phi) is 3.70. The summed E-state index contributed by atoms with van der Waals surface area (Å²) in [6.07, 6.45) is 4.08. The van der Waals surface area contributed by atoms with Crippen molar-refractivity contribution in [2.45, 2.75) is 33.1 Å². The summed E-state index contributed by atoms with van der Waals surface area (Å²) in [6.45, 7) is 7.78. The smallest absolute Gasteiger partial charge is 0.0397 e. The molecule has 0 spiro atoms. The number of piperidine rings is 1. The lowest BCUT2D eigenvalue weighted by molar-refractivity contribution is 0.577. The van der Waals surface area contributed by atoms with Crippen molar-refractivity contribution >= 4 is 11.4 Å². The third-order valence-electron chi connectivity index (χ3n) is 3.27. The molecule has 0 aromatic heterocycles. The Bertz CT molecular complexity index is 341. The average Bonchev–Trinajstić information content (AvgIpc) is 2.31. The van der Waals surface area contributed by atoms with Gasteiger partial charge in [0.25, 0.3) is 0 Å². The van der Waals surface area contributed by atoms with E-state index in [1.807, 2.05) is 0 Å². The fourth-order valence-corrected chi connectivity index (χ4v) is 2.46. The second kappa shape index (κ2) is 5.24. The van der Waals surface area contributed by atoms with Crippen LogP contribution in [0, 0.1) is 6.92 Å². The molecule has 88 valence electrons. The first-order valence-electron chi connectivity index (χ1n) is 6.40. The minimum atomic E-state index is 0.989. The van der Waals surface area contributed by atoms with E-state index in [4.69, 9.17) is 0 Å². The topological polar surface area (TPSA) is 15.3 Å². The zero-order valence-electron chi connectivity index (χ0n) is 10.4. The van der Waals surface area contributed by atoms with E-state index in [1.54, 1.807) is 0 Å². The van der Waals surface area contributed by atoms with Crippen LogP contribution in [-0.4, -0.2) is 19.6 Å². The molecule has 0 aliphatic carbocycles. The summed E-state index contributed by atoms with van der Waals surface area (Å²) < 4.78 is 0. The molecule has 2 rings (SSSR count). The Labute approximate surface area is 98.7 Å². The summed E-state index contributed by atoms with van der Waals surface area (Å²) in [5.41, 5.74) is 4.04. The fraction of sp³-hybridized carbons (Fsp3) is 0.571. The van der Waals surface area contributed by atoms with Crippen LogP contribution in [0.5, 0.6) is 0 Å². The van der Waals surface area contributed by atoms with Gasteiger partial charge in [0.2, 0.25) is 0 Å². The van der Waals surface area contributed by atoms with E-state index >= 15 is 0 Å². The first-order chi connectivity index (χ1) is 7.81. The molecule has 1 aromatic carbocycles. The number of nitrogens with zero attached hydrogens (tertiary/aromatic N) is 1. The molecule has 1 heterocycles. The SMILES string of the molecule is CCNc1ccc(N2CCCCC2)c(C)c1. The number of hydrogen-bond donors (Lipinski definition) is 1. The number of aryl methyl sites for hydroxylation is 1. The first kappa shape index (κ1) is 11.3. The van der Waals surface area contributed by atoms with E-state index in [1.165, 1.54) is 49.3 Å². The van der Waals surface area contributed by atoms with Crippen molar-refractivity contribution in [1.29, 1.82) is 0 Å². The first-order valence-corrected chi connectivity index (χ1v) is 6.40. The molecular formula is C14H22N2. The molecule has 1 N–H and O–H groups in total. The number of anilines is 2. The Hall–Kier alpha value is -1.18. The second-order valence-electron chi connectivity index (χ2n) is 4.58. The number of benzene rings is 1. The molecule has 1 fully saturated rings. The molecule has 0 radical (unpaired) electrons. The number of hydrogen-bond acceptors (Lipinski definition) is 2. The van der Waals surface area contributed by atoms with Gasteiger partial charge in [-0.3, -0.25) is 0 Å². The molecule has 0 amide bonds. The lowest BCUT2D eigenvalue weighted by atomic mass is 10.1. The summed E-state index contributed by atoms with van der Waals surface area (Å²) >= 11 is 0. The van der Waals surface area contributed by atoms with Crippen molar-refractivity contribution in [2.75, 3.05) is 29.9 Å². The van der Waals surface area contributed by atoms with Crippen LogP contribution in [0.3, 0.4) is 0 Å². The molecule has 1 aliphatic heterocycles. The number of nitrogens with one attached hydrogen (secondary N) is 1. The summed E-state index contributed by atoms with van der Waals surface area (Å²) in [6, 6.07) is 6.71. The van der Waals surface area contributed by atoms with Crippen LogP contribution in [0.4, 0.5) is 11.4 Å². The normalized spacial score (nSPS) is 16.2. The highest BCUT2D eigenvalue weighted by Crippen LogP contribution is 2.26. The van der Waals surface area contributed by atoms with Gasteiger partial charge in [-0.25, -0.2) is 0 Å². The largest absolute Gasteiger partial charge is 0.385 e. The maximum Gasteiger partial charge on any atom is 0.0397 e. The van der Waals surface area contributed by atoms with Crippen LogP contribution in [0.1, 0.15) is 31.7 Å². The zero-order chi connectivity index (χ0) is 11.4. The molecule has 2 nitrogen and oxygen atoms in total. The zero-order valence-corrected chi connectivity index (χ0v) is 10.4. The van der Waals surface area contributed by atoms with Crippen LogP contribution in [0.25, 0.3) is 0 Å². The summed E-state index contributed by atoms with van der Waals surface area (Å²) in [5, 5.41) is 3.36. The lowest BCUT2D eigenvalue weighted by Gasteiger charge is -2.30. The van der Waals surface area contributed by atoms with Crippen molar-refractivity contribution in [1.82, 2.24) is 0 Å². The van der Waals surface area contributed by atoms with Crippen LogP contribution in [0.15, 0.2) is 18.2 Å². The Balaban J connectivity index is 2.14. The van der Waals surface area contributed by atoms with Gasteiger partial charge in [0.1, 0.15) is 0 Å². The maximum absolute atomic E-state index is 3.36. The molecule has 0 unspecified atom stereocenters. The molecule has 0 atom stereocenters. The highest BCUT2D eigenvalue weighted by atomic mass is 15.1. The van der Waals surface area contributed by atoms with Gasteiger partial charge in [-0.15, -0.1) is 0 Å². The van der Waals surface area contributed by atoms with Crippen molar-refractivity contribution < 1.29 is 0 Å². The van der Waals surface area contributed by atoms with Crippen molar-refractivity contribution in [3.8, 4) is 0 Å². The molecular weight excluding hydrogens is 196 g/mol. The quantitative estimate of drug-likeness (QED) is 0.836. The summed E-state index contributed by atoms with van der Waals surface area (Å²) in [4.78, 5) is 2.52.